The lowest BCUT2D eigenvalue weighted by atomic mass is 10.2. The zero-order chi connectivity index (χ0) is 28.3. The average Bonchev–Trinajstić information content (AvgIpc) is 3.51. The van der Waals surface area contributed by atoms with E-state index in [1.165, 1.54) is 17.3 Å². The second-order valence-electron chi connectivity index (χ2n) is 9.84. The molecule has 1 amide bonds. The summed E-state index contributed by atoms with van der Waals surface area (Å²) in [5.41, 5.74) is 3.20. The number of piperazine rings is 1. The predicted octanol–water partition coefficient (Wildman–Crippen LogP) is 5.13. The van der Waals surface area contributed by atoms with Gasteiger partial charge in [-0.05, 0) is 36.2 Å². The summed E-state index contributed by atoms with van der Waals surface area (Å²) in [6, 6.07) is 21.8. The summed E-state index contributed by atoms with van der Waals surface area (Å²) in [4.78, 5) is 31.2. The van der Waals surface area contributed by atoms with E-state index in [9.17, 15) is 4.79 Å². The molecule has 1 aliphatic rings. The fourth-order valence-corrected chi connectivity index (χ4v) is 5.35. The third-order valence-corrected chi connectivity index (χ3v) is 7.77. The number of amides is 1. The van der Waals surface area contributed by atoms with Crippen LogP contribution in [-0.2, 0) is 18.6 Å². The van der Waals surface area contributed by atoms with E-state index in [0.29, 0.717) is 30.2 Å². The number of nitrogens with one attached hydrogen (secondary N) is 1. The first-order chi connectivity index (χ1) is 20.2. The first-order valence-corrected chi connectivity index (χ1v) is 15.1. The highest BCUT2D eigenvalue weighted by Crippen LogP contribution is 2.25. The van der Waals surface area contributed by atoms with Gasteiger partial charge in [0.2, 0.25) is 0 Å². The van der Waals surface area contributed by atoms with Crippen molar-refractivity contribution in [1.82, 2.24) is 25.2 Å². The van der Waals surface area contributed by atoms with Crippen molar-refractivity contribution in [2.45, 2.75) is 30.7 Å². The molecule has 1 aliphatic heterocycles. The molecule has 4 aromatic rings. The van der Waals surface area contributed by atoms with Crippen LogP contribution in [0.5, 0.6) is 0 Å². The van der Waals surface area contributed by atoms with Gasteiger partial charge in [0.25, 0.3) is 5.91 Å². The zero-order valence-corrected chi connectivity index (χ0v) is 24.2. The van der Waals surface area contributed by atoms with Gasteiger partial charge in [0.15, 0.2) is 10.9 Å². The van der Waals surface area contributed by atoms with Crippen LogP contribution in [0.3, 0.4) is 0 Å². The number of rotatable bonds is 12. The molecule has 8 nitrogen and oxygen atoms in total. The molecular formula is C32H36N6O2S. The second-order valence-corrected chi connectivity index (χ2v) is 10.8. The van der Waals surface area contributed by atoms with Gasteiger partial charge in [-0.2, -0.15) is 0 Å². The Morgan fingerprint density at radius 1 is 1.00 bits per heavy atom. The van der Waals surface area contributed by atoms with Crippen molar-refractivity contribution in [2.24, 2.45) is 0 Å². The first-order valence-electron chi connectivity index (χ1n) is 14.1. The van der Waals surface area contributed by atoms with Crippen molar-refractivity contribution in [2.75, 3.05) is 44.2 Å². The number of carbonyl (C=O) groups is 1. The molecule has 0 bridgehead atoms. The molecule has 0 unspecified atom stereocenters. The van der Waals surface area contributed by atoms with Crippen LogP contribution < -0.4 is 10.2 Å². The number of benzene rings is 1. The number of hydrogen-bond acceptors (Lipinski definition) is 8. The molecule has 9 heteroatoms. The molecule has 0 atom stereocenters. The van der Waals surface area contributed by atoms with Gasteiger partial charge < -0.3 is 14.6 Å². The van der Waals surface area contributed by atoms with E-state index in [2.05, 4.69) is 69.5 Å². The fraction of sp³-hybridized carbons (Fsp3) is 0.312. The van der Waals surface area contributed by atoms with E-state index >= 15 is 0 Å². The number of aryl methyl sites for hydroxylation is 1. The fourth-order valence-electron chi connectivity index (χ4n) is 4.58. The van der Waals surface area contributed by atoms with Crippen LogP contribution in [0.2, 0.25) is 0 Å². The number of nitrogens with zero attached hydrogens (tertiary/aromatic N) is 5. The first kappa shape index (κ1) is 28.6. The van der Waals surface area contributed by atoms with Gasteiger partial charge in [-0.15, -0.1) is 0 Å². The Balaban J connectivity index is 1.11. The van der Waals surface area contributed by atoms with Crippen LogP contribution in [0.1, 0.15) is 40.2 Å². The van der Waals surface area contributed by atoms with Crippen molar-refractivity contribution in [3.63, 3.8) is 0 Å². The Bertz CT molecular complexity index is 1420. The van der Waals surface area contributed by atoms with Crippen molar-refractivity contribution >= 4 is 29.6 Å². The summed E-state index contributed by atoms with van der Waals surface area (Å²) in [5.74, 6) is 2.33. The van der Waals surface area contributed by atoms with Crippen LogP contribution in [0.15, 0.2) is 88.6 Å². The lowest BCUT2D eigenvalue weighted by molar-refractivity contribution is 0.0925. The van der Waals surface area contributed by atoms with E-state index in [1.807, 2.05) is 30.3 Å². The summed E-state index contributed by atoms with van der Waals surface area (Å²) < 4.78 is 5.82. The third kappa shape index (κ3) is 8.52. The van der Waals surface area contributed by atoms with Gasteiger partial charge in [-0.3, -0.25) is 14.7 Å². The monoisotopic (exact) mass is 568 g/mol. The molecule has 0 saturated carbocycles. The van der Waals surface area contributed by atoms with Gasteiger partial charge in [0.05, 0.1) is 5.75 Å². The van der Waals surface area contributed by atoms with Gasteiger partial charge in [-0.25, -0.2) is 9.97 Å². The molecule has 0 spiro atoms. The Hall–Kier alpha value is -3.95. The molecule has 3 aromatic heterocycles. The van der Waals surface area contributed by atoms with E-state index in [1.54, 1.807) is 12.3 Å². The van der Waals surface area contributed by atoms with Crippen LogP contribution in [0.25, 0.3) is 6.08 Å². The lowest BCUT2D eigenvalue weighted by Gasteiger charge is -2.35. The molecular weight excluding hydrogens is 532 g/mol. The number of aromatic nitrogens is 3. The van der Waals surface area contributed by atoms with E-state index in [0.717, 1.165) is 61.5 Å². The number of thioether (sulfide) groups is 1. The molecule has 1 saturated heterocycles. The molecule has 1 aromatic carbocycles. The highest BCUT2D eigenvalue weighted by atomic mass is 32.2. The van der Waals surface area contributed by atoms with Crippen molar-refractivity contribution < 1.29 is 9.21 Å². The van der Waals surface area contributed by atoms with Crippen molar-refractivity contribution in [3.05, 3.63) is 107 Å². The summed E-state index contributed by atoms with van der Waals surface area (Å²) in [5, 5.41) is 3.63. The summed E-state index contributed by atoms with van der Waals surface area (Å²) in [6.45, 7) is 7.41. The minimum atomic E-state index is -0.224. The van der Waals surface area contributed by atoms with Crippen LogP contribution in [0, 0.1) is 0 Å². The van der Waals surface area contributed by atoms with Crippen LogP contribution in [-0.4, -0.2) is 65.0 Å². The molecule has 0 aliphatic carbocycles. The smallest absolute Gasteiger partial charge is 0.287 e. The van der Waals surface area contributed by atoms with Crippen molar-refractivity contribution in [3.8, 4) is 0 Å². The minimum Gasteiger partial charge on any atom is -0.455 e. The van der Waals surface area contributed by atoms with Crippen LogP contribution >= 0.6 is 11.8 Å². The topological polar surface area (TPSA) is 87.4 Å². The number of anilines is 1. The molecule has 212 valence electrons. The molecule has 4 heterocycles. The molecule has 5 rings (SSSR count). The SMILES string of the molecule is CCc1cc(N2CCN(CC=Cc3ccccc3)CC2)nc(SCc2ccc(C(=O)NCCc3ccccn3)o2)n1. The quantitative estimate of drug-likeness (QED) is 0.186. The molecule has 1 fully saturated rings. The summed E-state index contributed by atoms with van der Waals surface area (Å²) in [6.07, 6.45) is 7.70. The summed E-state index contributed by atoms with van der Waals surface area (Å²) in [7, 11) is 0. The van der Waals surface area contributed by atoms with Crippen LogP contribution in [0.4, 0.5) is 5.82 Å². The van der Waals surface area contributed by atoms with Gasteiger partial charge in [0.1, 0.15) is 11.6 Å². The number of pyridine rings is 1. The van der Waals surface area contributed by atoms with Gasteiger partial charge in [-0.1, -0.05) is 67.2 Å². The van der Waals surface area contributed by atoms with Gasteiger partial charge in [0, 0.05) is 69.3 Å². The standard InChI is InChI=1S/C32H36N6O2S/c1-2-26-23-30(38-21-19-37(20-22-38)18-8-11-25-9-4-3-5-10-25)36-32(35-26)41-24-28-13-14-29(40-28)31(39)34-17-15-27-12-6-7-16-33-27/h3-14,16,23H,2,15,17-22,24H2,1H3,(H,34,39). The van der Waals surface area contributed by atoms with E-state index in [-0.39, 0.29) is 5.91 Å². The molecule has 0 radical (unpaired) electrons. The third-order valence-electron chi connectivity index (χ3n) is 6.90. The highest BCUT2D eigenvalue weighted by Gasteiger charge is 2.19. The Kier molecular flexibility index (Phi) is 10.2. The number of carbonyl (C=O) groups excluding carboxylic acids is 1. The zero-order valence-electron chi connectivity index (χ0n) is 23.4. The lowest BCUT2D eigenvalue weighted by Crippen LogP contribution is -2.46. The Morgan fingerprint density at radius 2 is 1.83 bits per heavy atom. The maximum Gasteiger partial charge on any atom is 0.287 e. The predicted molar refractivity (Wildman–Crippen MR) is 164 cm³/mol. The Morgan fingerprint density at radius 3 is 2.61 bits per heavy atom. The van der Waals surface area contributed by atoms with E-state index < -0.39 is 0 Å². The average molecular weight is 569 g/mol. The largest absolute Gasteiger partial charge is 0.455 e. The molecule has 41 heavy (non-hydrogen) atoms. The Labute approximate surface area is 245 Å². The molecule has 1 N–H and O–H groups in total. The number of hydrogen-bond donors (Lipinski definition) is 1. The second kappa shape index (κ2) is 14.6. The number of furan rings is 1. The van der Waals surface area contributed by atoms with Gasteiger partial charge >= 0.3 is 0 Å². The highest BCUT2D eigenvalue weighted by molar-refractivity contribution is 7.98. The minimum absolute atomic E-state index is 0.224. The van der Waals surface area contributed by atoms with E-state index in [4.69, 9.17) is 14.4 Å². The maximum atomic E-state index is 12.5. The normalized spacial score (nSPS) is 14.0. The summed E-state index contributed by atoms with van der Waals surface area (Å²) >= 11 is 1.53. The van der Waals surface area contributed by atoms with Crippen molar-refractivity contribution in [1.29, 1.82) is 0 Å². The maximum absolute atomic E-state index is 12.5.